The number of hydrogen-bond acceptors (Lipinski definition) is 3. The first-order chi connectivity index (χ1) is 9.87. The zero-order valence-electron chi connectivity index (χ0n) is 13.7. The summed E-state index contributed by atoms with van der Waals surface area (Å²) in [5.74, 6) is 0. The molecule has 0 aliphatic rings. The molecule has 1 N–H and O–H groups in total. The molecule has 0 spiro atoms. The van der Waals surface area contributed by atoms with E-state index in [4.69, 9.17) is 0 Å². The van der Waals surface area contributed by atoms with Crippen LogP contribution in [0, 0.1) is 15.5 Å². The van der Waals surface area contributed by atoms with Crippen LogP contribution in [-0.2, 0) is 0 Å². The molecule has 0 bridgehead atoms. The quantitative estimate of drug-likeness (QED) is 0.402. The van der Waals surface area contributed by atoms with Crippen LogP contribution in [0.5, 0.6) is 0 Å². The Kier molecular flexibility index (Phi) is 6.82. The molecule has 0 saturated carbocycles. The smallest absolute Gasteiger partial charge is 0.274 e. The second kappa shape index (κ2) is 8.13. The molecule has 0 saturated heterocycles. The fourth-order valence-corrected chi connectivity index (χ4v) is 2.50. The zero-order chi connectivity index (χ0) is 15.9. The lowest BCUT2D eigenvalue weighted by atomic mass is 9.86. The average molecular weight is 292 g/mol. The summed E-state index contributed by atoms with van der Waals surface area (Å²) in [4.78, 5) is 10.8. The van der Waals surface area contributed by atoms with Gasteiger partial charge in [0.2, 0.25) is 0 Å². The lowest BCUT2D eigenvalue weighted by Gasteiger charge is -2.27. The van der Waals surface area contributed by atoms with Crippen LogP contribution in [-0.4, -0.2) is 11.5 Å². The Morgan fingerprint density at radius 1 is 1.29 bits per heavy atom. The van der Waals surface area contributed by atoms with Gasteiger partial charge in [-0.05, 0) is 18.8 Å². The summed E-state index contributed by atoms with van der Waals surface area (Å²) in [6, 6.07) is 6.95. The van der Waals surface area contributed by atoms with Gasteiger partial charge in [0.1, 0.15) is 0 Å². The third-order valence-corrected chi connectivity index (χ3v) is 3.94. The summed E-state index contributed by atoms with van der Waals surface area (Å²) < 4.78 is 0. The van der Waals surface area contributed by atoms with E-state index in [1.165, 1.54) is 25.7 Å². The maximum Gasteiger partial charge on any atom is 0.274 e. The predicted molar refractivity (Wildman–Crippen MR) is 87.4 cm³/mol. The Bertz CT molecular complexity index is 458. The molecular formula is C17H28N2O2. The van der Waals surface area contributed by atoms with Crippen LogP contribution in [0.4, 0.5) is 5.69 Å². The molecule has 1 atom stereocenters. The zero-order valence-corrected chi connectivity index (χ0v) is 13.7. The Balaban J connectivity index is 2.61. The van der Waals surface area contributed by atoms with Crippen LogP contribution in [0.1, 0.15) is 65.0 Å². The van der Waals surface area contributed by atoms with Crippen LogP contribution in [0.15, 0.2) is 24.3 Å². The van der Waals surface area contributed by atoms with Gasteiger partial charge in [-0.3, -0.25) is 10.1 Å². The largest absolute Gasteiger partial charge is 0.309 e. The lowest BCUT2D eigenvalue weighted by molar-refractivity contribution is -0.385. The van der Waals surface area contributed by atoms with Gasteiger partial charge in [-0.15, -0.1) is 0 Å². The highest BCUT2D eigenvalue weighted by atomic mass is 16.6. The van der Waals surface area contributed by atoms with Gasteiger partial charge in [-0.1, -0.05) is 58.2 Å². The van der Waals surface area contributed by atoms with Gasteiger partial charge >= 0.3 is 0 Å². The first kappa shape index (κ1) is 17.6. The van der Waals surface area contributed by atoms with E-state index in [1.54, 1.807) is 12.1 Å². The first-order valence-electron chi connectivity index (χ1n) is 7.84. The van der Waals surface area contributed by atoms with E-state index in [9.17, 15) is 10.1 Å². The number of nitro groups is 1. The molecule has 1 unspecified atom stereocenters. The van der Waals surface area contributed by atoms with Crippen molar-refractivity contribution in [2.75, 3.05) is 6.54 Å². The third-order valence-electron chi connectivity index (χ3n) is 3.94. The van der Waals surface area contributed by atoms with E-state index in [-0.39, 0.29) is 22.1 Å². The normalized spacial score (nSPS) is 13.1. The number of para-hydroxylation sites is 1. The minimum atomic E-state index is -0.306. The monoisotopic (exact) mass is 292 g/mol. The molecule has 1 aromatic rings. The first-order valence-corrected chi connectivity index (χ1v) is 7.84. The number of rotatable bonds is 9. The van der Waals surface area contributed by atoms with Crippen molar-refractivity contribution in [3.05, 3.63) is 39.9 Å². The third kappa shape index (κ3) is 5.84. The number of benzene rings is 1. The van der Waals surface area contributed by atoms with Gasteiger partial charge in [0.25, 0.3) is 5.69 Å². The number of unbranched alkanes of at least 4 members (excludes halogenated alkanes) is 2. The summed E-state index contributed by atoms with van der Waals surface area (Å²) in [6.45, 7) is 9.57. The molecular weight excluding hydrogens is 264 g/mol. The van der Waals surface area contributed by atoms with Crippen molar-refractivity contribution in [1.82, 2.24) is 5.32 Å². The van der Waals surface area contributed by atoms with Crippen LogP contribution in [0.3, 0.4) is 0 Å². The van der Waals surface area contributed by atoms with Crippen molar-refractivity contribution in [3.8, 4) is 0 Å². The highest BCUT2D eigenvalue weighted by Crippen LogP contribution is 2.27. The summed E-state index contributed by atoms with van der Waals surface area (Å²) >= 11 is 0. The Hall–Kier alpha value is -1.42. The van der Waals surface area contributed by atoms with Gasteiger partial charge < -0.3 is 5.32 Å². The van der Waals surface area contributed by atoms with E-state index in [2.05, 4.69) is 26.1 Å². The van der Waals surface area contributed by atoms with Crippen molar-refractivity contribution in [2.24, 2.45) is 5.41 Å². The Morgan fingerprint density at radius 3 is 2.57 bits per heavy atom. The van der Waals surface area contributed by atoms with Crippen molar-refractivity contribution in [1.29, 1.82) is 0 Å². The fourth-order valence-electron chi connectivity index (χ4n) is 2.50. The van der Waals surface area contributed by atoms with E-state index < -0.39 is 0 Å². The lowest BCUT2D eigenvalue weighted by Crippen LogP contribution is -2.31. The molecule has 4 heteroatoms. The molecule has 0 aromatic heterocycles. The van der Waals surface area contributed by atoms with Crippen LogP contribution >= 0.6 is 0 Å². The molecule has 4 nitrogen and oxygen atoms in total. The molecule has 1 rings (SSSR count). The molecule has 118 valence electrons. The van der Waals surface area contributed by atoms with Crippen LogP contribution in [0.25, 0.3) is 0 Å². The second-order valence-electron chi connectivity index (χ2n) is 6.54. The van der Waals surface area contributed by atoms with Gasteiger partial charge in [0.05, 0.1) is 4.92 Å². The Labute approximate surface area is 128 Å². The van der Waals surface area contributed by atoms with Gasteiger partial charge in [-0.25, -0.2) is 0 Å². The maximum atomic E-state index is 11.1. The van der Waals surface area contributed by atoms with Crippen molar-refractivity contribution < 1.29 is 4.92 Å². The van der Waals surface area contributed by atoms with Crippen molar-refractivity contribution in [3.63, 3.8) is 0 Å². The van der Waals surface area contributed by atoms with Gasteiger partial charge in [-0.2, -0.15) is 0 Å². The molecule has 0 amide bonds. The number of hydrogen-bond donors (Lipinski definition) is 1. The predicted octanol–water partition coefficient (Wildman–Crippen LogP) is 4.85. The molecule has 0 radical (unpaired) electrons. The minimum absolute atomic E-state index is 0.0166. The molecule has 0 aliphatic carbocycles. The molecule has 0 heterocycles. The van der Waals surface area contributed by atoms with Gasteiger partial charge in [0.15, 0.2) is 0 Å². The van der Waals surface area contributed by atoms with E-state index >= 15 is 0 Å². The number of nitrogens with zero attached hydrogens (tertiary/aromatic N) is 1. The molecule has 0 aliphatic heterocycles. The number of nitro benzene ring substituents is 1. The highest BCUT2D eigenvalue weighted by Gasteiger charge is 2.22. The van der Waals surface area contributed by atoms with Crippen LogP contribution < -0.4 is 5.32 Å². The summed E-state index contributed by atoms with van der Waals surface area (Å²) in [7, 11) is 0. The van der Waals surface area contributed by atoms with Crippen molar-refractivity contribution >= 4 is 5.69 Å². The van der Waals surface area contributed by atoms with Crippen molar-refractivity contribution in [2.45, 2.75) is 59.4 Å². The standard InChI is InChI=1S/C17H28N2O2/c1-5-6-9-12-17(3,4)13-18-14(2)15-10-7-8-11-16(15)19(20)21/h7-8,10-11,14,18H,5-6,9,12-13H2,1-4H3. The van der Waals surface area contributed by atoms with Gasteiger partial charge in [0, 0.05) is 24.2 Å². The topological polar surface area (TPSA) is 55.2 Å². The number of nitrogens with one attached hydrogen (secondary N) is 1. The summed E-state index contributed by atoms with van der Waals surface area (Å²) in [5.41, 5.74) is 1.17. The summed E-state index contributed by atoms with van der Waals surface area (Å²) in [6.07, 6.45) is 4.92. The minimum Gasteiger partial charge on any atom is -0.309 e. The Morgan fingerprint density at radius 2 is 1.95 bits per heavy atom. The van der Waals surface area contributed by atoms with E-state index in [0.29, 0.717) is 0 Å². The van der Waals surface area contributed by atoms with E-state index in [1.807, 2.05) is 19.1 Å². The van der Waals surface area contributed by atoms with E-state index in [0.717, 1.165) is 12.1 Å². The molecule has 0 fully saturated rings. The van der Waals surface area contributed by atoms with Crippen LogP contribution in [0.2, 0.25) is 0 Å². The second-order valence-corrected chi connectivity index (χ2v) is 6.54. The molecule has 1 aromatic carbocycles. The highest BCUT2D eigenvalue weighted by molar-refractivity contribution is 5.41. The molecule has 21 heavy (non-hydrogen) atoms. The average Bonchev–Trinajstić information content (AvgIpc) is 2.45. The SMILES string of the molecule is CCCCCC(C)(C)CNC(C)c1ccccc1[N+](=O)[O-]. The summed E-state index contributed by atoms with van der Waals surface area (Å²) in [5, 5.41) is 14.5. The maximum absolute atomic E-state index is 11.1. The fraction of sp³-hybridized carbons (Fsp3) is 0.647.